The Bertz CT molecular complexity index is 1150. The van der Waals surface area contributed by atoms with E-state index in [1.807, 2.05) is 49.4 Å². The van der Waals surface area contributed by atoms with Crippen molar-refractivity contribution in [3.63, 3.8) is 0 Å². The van der Waals surface area contributed by atoms with Gasteiger partial charge in [-0.25, -0.2) is 4.90 Å². The second-order valence-electron chi connectivity index (χ2n) is 6.60. The fraction of sp³-hybridized carbons (Fsp3) is 0.0833. The Morgan fingerprint density at radius 1 is 0.903 bits per heavy atom. The van der Waals surface area contributed by atoms with Gasteiger partial charge in [-0.3, -0.25) is 9.59 Å². The largest absolute Gasteiger partial charge is 0.492 e. The number of carbonyl (C=O) groups is 2. The number of anilines is 2. The van der Waals surface area contributed by atoms with Gasteiger partial charge in [0.1, 0.15) is 16.4 Å². The Hall–Kier alpha value is -3.22. The molecule has 31 heavy (non-hydrogen) atoms. The molecule has 0 fully saturated rings. The third kappa shape index (κ3) is 4.45. The van der Waals surface area contributed by atoms with E-state index in [2.05, 4.69) is 5.32 Å². The molecule has 0 aromatic heterocycles. The van der Waals surface area contributed by atoms with Gasteiger partial charge >= 0.3 is 0 Å². The number of imide groups is 1. The number of carbonyl (C=O) groups excluding carboxylic acids is 2. The van der Waals surface area contributed by atoms with E-state index >= 15 is 0 Å². The number of thioether (sulfide) groups is 1. The average molecular weight is 451 g/mol. The minimum atomic E-state index is -0.418. The Kier molecular flexibility index (Phi) is 6.30. The van der Waals surface area contributed by atoms with E-state index in [1.54, 1.807) is 36.4 Å². The number of para-hydroxylation sites is 3. The van der Waals surface area contributed by atoms with Crippen molar-refractivity contribution in [2.75, 3.05) is 16.8 Å². The number of hydrogen-bond acceptors (Lipinski definition) is 5. The minimum Gasteiger partial charge on any atom is -0.492 e. The topological polar surface area (TPSA) is 58.6 Å². The molecule has 1 aliphatic rings. The van der Waals surface area contributed by atoms with Crippen LogP contribution in [0.2, 0.25) is 5.02 Å². The average Bonchev–Trinajstić information content (AvgIpc) is 3.01. The van der Waals surface area contributed by atoms with Crippen molar-refractivity contribution in [1.29, 1.82) is 0 Å². The Morgan fingerprint density at radius 2 is 1.58 bits per heavy atom. The van der Waals surface area contributed by atoms with Crippen LogP contribution in [0.1, 0.15) is 6.92 Å². The predicted octanol–water partition coefficient (Wildman–Crippen LogP) is 5.73. The minimum absolute atomic E-state index is 0.209. The van der Waals surface area contributed by atoms with Crippen molar-refractivity contribution >= 4 is 46.6 Å². The van der Waals surface area contributed by atoms with Crippen LogP contribution in [0, 0.1) is 0 Å². The second-order valence-corrected chi connectivity index (χ2v) is 8.12. The molecule has 0 aliphatic carbocycles. The Labute approximate surface area is 189 Å². The summed E-state index contributed by atoms with van der Waals surface area (Å²) in [6.07, 6.45) is 0. The molecular formula is C24H19ClN2O3S. The normalized spacial score (nSPS) is 13.7. The van der Waals surface area contributed by atoms with E-state index in [-0.39, 0.29) is 11.6 Å². The van der Waals surface area contributed by atoms with Gasteiger partial charge in [-0.15, -0.1) is 0 Å². The van der Waals surface area contributed by atoms with Crippen molar-refractivity contribution in [2.24, 2.45) is 0 Å². The number of benzene rings is 3. The molecule has 3 aromatic rings. The summed E-state index contributed by atoms with van der Waals surface area (Å²) >= 11 is 7.21. The Balaban J connectivity index is 1.75. The zero-order chi connectivity index (χ0) is 21.8. The van der Waals surface area contributed by atoms with Gasteiger partial charge < -0.3 is 10.1 Å². The highest BCUT2D eigenvalue weighted by atomic mass is 35.5. The van der Waals surface area contributed by atoms with Gasteiger partial charge in [0, 0.05) is 9.92 Å². The van der Waals surface area contributed by atoms with Gasteiger partial charge in [-0.1, -0.05) is 53.7 Å². The van der Waals surface area contributed by atoms with Crippen LogP contribution >= 0.6 is 23.4 Å². The molecule has 7 heteroatoms. The smallest absolute Gasteiger partial charge is 0.283 e. The molecule has 5 nitrogen and oxygen atoms in total. The number of halogens is 1. The van der Waals surface area contributed by atoms with Gasteiger partial charge in [0.2, 0.25) is 0 Å². The summed E-state index contributed by atoms with van der Waals surface area (Å²) in [7, 11) is 0. The summed E-state index contributed by atoms with van der Waals surface area (Å²) in [6.45, 7) is 2.37. The van der Waals surface area contributed by atoms with Gasteiger partial charge in [-0.05, 0) is 55.5 Å². The highest BCUT2D eigenvalue weighted by molar-refractivity contribution is 8.04. The van der Waals surface area contributed by atoms with Gasteiger partial charge in [0.25, 0.3) is 11.8 Å². The lowest BCUT2D eigenvalue weighted by Crippen LogP contribution is -2.32. The summed E-state index contributed by atoms with van der Waals surface area (Å²) in [5, 5.41) is 3.75. The van der Waals surface area contributed by atoms with E-state index in [1.165, 1.54) is 16.7 Å². The fourth-order valence-corrected chi connectivity index (χ4v) is 4.19. The fourth-order valence-electron chi connectivity index (χ4n) is 3.13. The predicted molar refractivity (Wildman–Crippen MR) is 125 cm³/mol. The van der Waals surface area contributed by atoms with E-state index < -0.39 is 5.91 Å². The highest BCUT2D eigenvalue weighted by Gasteiger charge is 2.40. The second kappa shape index (κ2) is 9.29. The summed E-state index contributed by atoms with van der Waals surface area (Å²) in [5.74, 6) is -0.196. The van der Waals surface area contributed by atoms with Crippen LogP contribution in [0.5, 0.6) is 5.75 Å². The first-order valence-electron chi connectivity index (χ1n) is 9.69. The molecule has 156 valence electrons. The highest BCUT2D eigenvalue weighted by Crippen LogP contribution is 2.39. The number of amides is 2. The van der Waals surface area contributed by atoms with Crippen molar-refractivity contribution in [3.05, 3.63) is 94.5 Å². The quantitative estimate of drug-likeness (QED) is 0.466. The first-order chi connectivity index (χ1) is 15.1. The number of nitrogens with zero attached hydrogens (tertiary/aromatic N) is 1. The number of rotatable bonds is 7. The van der Waals surface area contributed by atoms with Crippen molar-refractivity contribution in [2.45, 2.75) is 11.8 Å². The maximum Gasteiger partial charge on any atom is 0.283 e. The van der Waals surface area contributed by atoms with E-state index in [9.17, 15) is 9.59 Å². The lowest BCUT2D eigenvalue weighted by Gasteiger charge is -2.16. The van der Waals surface area contributed by atoms with Crippen molar-refractivity contribution in [3.8, 4) is 5.75 Å². The molecule has 2 amide bonds. The number of hydrogen-bond donors (Lipinski definition) is 1. The summed E-state index contributed by atoms with van der Waals surface area (Å²) in [5.41, 5.74) is 1.34. The van der Waals surface area contributed by atoms with E-state index in [0.29, 0.717) is 33.7 Å². The molecule has 0 bridgehead atoms. The lowest BCUT2D eigenvalue weighted by atomic mass is 10.2. The van der Waals surface area contributed by atoms with E-state index in [4.69, 9.17) is 16.3 Å². The van der Waals surface area contributed by atoms with Crippen LogP contribution in [0.15, 0.2) is 94.4 Å². The zero-order valence-corrected chi connectivity index (χ0v) is 18.2. The molecule has 3 aromatic carbocycles. The SMILES string of the molecule is CCOc1ccccc1NC1=C(Sc2ccc(Cl)cc2)C(=O)N(c2ccccc2)C1=O. The summed E-state index contributed by atoms with van der Waals surface area (Å²) < 4.78 is 5.67. The van der Waals surface area contributed by atoms with Gasteiger partial charge in [0.15, 0.2) is 0 Å². The van der Waals surface area contributed by atoms with Crippen LogP contribution in [0.3, 0.4) is 0 Å². The zero-order valence-electron chi connectivity index (χ0n) is 16.7. The van der Waals surface area contributed by atoms with Crippen molar-refractivity contribution in [1.82, 2.24) is 0 Å². The van der Waals surface area contributed by atoms with E-state index in [0.717, 1.165) is 4.90 Å². The molecule has 0 saturated heterocycles. The monoisotopic (exact) mass is 450 g/mol. The van der Waals surface area contributed by atoms with Crippen LogP contribution in [-0.2, 0) is 9.59 Å². The maximum absolute atomic E-state index is 13.4. The maximum atomic E-state index is 13.4. The molecule has 0 atom stereocenters. The standard InChI is InChI=1S/C24H19ClN2O3S/c1-2-30-20-11-7-6-10-19(20)26-21-22(31-18-14-12-16(25)13-15-18)24(29)27(23(21)28)17-8-4-3-5-9-17/h3-15,26H,2H2,1H3. The molecule has 0 spiro atoms. The summed E-state index contributed by atoms with van der Waals surface area (Å²) in [6, 6.07) is 23.3. The number of ether oxygens (including phenoxy) is 1. The molecule has 0 saturated carbocycles. The molecule has 4 rings (SSSR count). The first-order valence-corrected chi connectivity index (χ1v) is 10.9. The van der Waals surface area contributed by atoms with Crippen molar-refractivity contribution < 1.29 is 14.3 Å². The number of nitrogens with one attached hydrogen (secondary N) is 1. The molecule has 1 N–H and O–H groups in total. The molecule has 0 radical (unpaired) electrons. The third-order valence-corrected chi connectivity index (χ3v) is 5.88. The van der Waals surface area contributed by atoms with Crippen LogP contribution in [0.25, 0.3) is 0 Å². The first kappa shape index (κ1) is 21.0. The molecule has 1 aliphatic heterocycles. The molecule has 1 heterocycles. The lowest BCUT2D eigenvalue weighted by molar-refractivity contribution is -0.120. The van der Waals surface area contributed by atoms with Gasteiger partial charge in [0.05, 0.1) is 18.0 Å². The molecule has 0 unspecified atom stereocenters. The summed E-state index contributed by atoms with van der Waals surface area (Å²) in [4.78, 5) is 29.0. The Morgan fingerprint density at radius 3 is 2.29 bits per heavy atom. The molecular weight excluding hydrogens is 432 g/mol. The van der Waals surface area contributed by atoms with Crippen LogP contribution < -0.4 is 15.0 Å². The third-order valence-electron chi connectivity index (χ3n) is 4.54. The van der Waals surface area contributed by atoms with Crippen LogP contribution in [-0.4, -0.2) is 18.4 Å². The van der Waals surface area contributed by atoms with Crippen LogP contribution in [0.4, 0.5) is 11.4 Å². The van der Waals surface area contributed by atoms with Gasteiger partial charge in [-0.2, -0.15) is 0 Å².